The maximum absolute atomic E-state index is 12.1. The van der Waals surface area contributed by atoms with E-state index in [-0.39, 0.29) is 17.9 Å². The molecule has 3 N–H and O–H groups in total. The lowest BCUT2D eigenvalue weighted by Gasteiger charge is -2.20. The monoisotopic (exact) mass is 266 g/mol. The van der Waals surface area contributed by atoms with Crippen LogP contribution in [0, 0.1) is 5.92 Å². The molecule has 4 heteroatoms. The van der Waals surface area contributed by atoms with E-state index in [9.17, 15) is 4.79 Å². The second-order valence-electron chi connectivity index (χ2n) is 5.08. The molecule has 2 rings (SSSR count). The summed E-state index contributed by atoms with van der Waals surface area (Å²) in [6, 6.07) is 2.16. The highest BCUT2D eigenvalue weighted by Gasteiger charge is 2.26. The zero-order valence-corrected chi connectivity index (χ0v) is 11.5. The van der Waals surface area contributed by atoms with Crippen molar-refractivity contribution in [2.75, 3.05) is 6.54 Å². The van der Waals surface area contributed by atoms with Crippen molar-refractivity contribution in [2.45, 2.75) is 44.6 Å². The van der Waals surface area contributed by atoms with E-state index in [4.69, 9.17) is 5.73 Å². The smallest absolute Gasteiger partial charge is 0.224 e. The van der Waals surface area contributed by atoms with Gasteiger partial charge in [-0.2, -0.15) is 11.3 Å². The minimum absolute atomic E-state index is 0.0231. The minimum atomic E-state index is 0.0231. The molecule has 0 aliphatic heterocycles. The van der Waals surface area contributed by atoms with Gasteiger partial charge in [-0.25, -0.2) is 0 Å². The number of carbonyl (C=O) groups is 1. The number of rotatable bonds is 4. The first-order chi connectivity index (χ1) is 8.77. The number of carbonyl (C=O) groups excluding carboxylic acids is 1. The van der Waals surface area contributed by atoms with Gasteiger partial charge >= 0.3 is 0 Å². The third-order valence-corrected chi connectivity index (χ3v) is 4.43. The second-order valence-corrected chi connectivity index (χ2v) is 5.86. The summed E-state index contributed by atoms with van der Waals surface area (Å²) < 4.78 is 0. The molecule has 1 amide bonds. The van der Waals surface area contributed by atoms with Gasteiger partial charge in [-0.1, -0.05) is 19.3 Å². The fourth-order valence-corrected chi connectivity index (χ4v) is 3.26. The number of nitrogens with two attached hydrogens (primary N) is 1. The minimum Gasteiger partial charge on any atom is -0.355 e. The second kappa shape index (κ2) is 6.90. The summed E-state index contributed by atoms with van der Waals surface area (Å²) in [7, 11) is 0. The third-order valence-electron chi connectivity index (χ3n) is 3.70. The Bertz CT molecular complexity index is 364. The van der Waals surface area contributed by atoms with Crippen molar-refractivity contribution >= 4 is 17.2 Å². The number of hydrogen-bond donors (Lipinski definition) is 2. The van der Waals surface area contributed by atoms with Crippen LogP contribution < -0.4 is 11.1 Å². The Morgan fingerprint density at radius 1 is 1.39 bits per heavy atom. The molecule has 3 nitrogen and oxygen atoms in total. The van der Waals surface area contributed by atoms with Gasteiger partial charge in [0.1, 0.15) is 0 Å². The molecule has 0 spiro atoms. The van der Waals surface area contributed by atoms with E-state index in [1.807, 2.05) is 0 Å². The number of hydrogen-bond acceptors (Lipinski definition) is 3. The maximum Gasteiger partial charge on any atom is 0.224 e. The highest BCUT2D eigenvalue weighted by molar-refractivity contribution is 7.07. The van der Waals surface area contributed by atoms with Crippen LogP contribution >= 0.6 is 11.3 Å². The average molecular weight is 266 g/mol. The van der Waals surface area contributed by atoms with Crippen molar-refractivity contribution in [3.8, 4) is 0 Å². The highest BCUT2D eigenvalue weighted by atomic mass is 32.1. The van der Waals surface area contributed by atoms with Crippen molar-refractivity contribution < 1.29 is 4.79 Å². The van der Waals surface area contributed by atoms with Gasteiger partial charge in [-0.3, -0.25) is 4.79 Å². The Morgan fingerprint density at radius 3 is 3.00 bits per heavy atom. The zero-order valence-electron chi connectivity index (χ0n) is 10.7. The zero-order chi connectivity index (χ0) is 12.8. The van der Waals surface area contributed by atoms with Crippen LogP contribution in [-0.4, -0.2) is 18.5 Å². The normalized spacial score (nSPS) is 24.5. The molecule has 2 atom stereocenters. The Kier molecular flexibility index (Phi) is 5.20. The summed E-state index contributed by atoms with van der Waals surface area (Å²) in [6.07, 6.45) is 6.37. The summed E-state index contributed by atoms with van der Waals surface area (Å²) in [5.41, 5.74) is 7.38. The van der Waals surface area contributed by atoms with Crippen molar-refractivity contribution in [3.05, 3.63) is 22.4 Å². The molecule has 1 aromatic heterocycles. The van der Waals surface area contributed by atoms with E-state index in [2.05, 4.69) is 22.1 Å². The molecule has 1 fully saturated rings. The molecule has 1 aliphatic carbocycles. The first kappa shape index (κ1) is 13.6. The van der Waals surface area contributed by atoms with Crippen LogP contribution in [0.15, 0.2) is 16.8 Å². The summed E-state index contributed by atoms with van der Waals surface area (Å²) in [6.45, 7) is 0.721. The molecule has 1 saturated carbocycles. The summed E-state index contributed by atoms with van der Waals surface area (Å²) in [5.74, 6) is 0.176. The SMILES string of the molecule is NC1CCCCCC1C(=O)NCCc1ccsc1. The predicted octanol–water partition coefficient (Wildman–Crippen LogP) is 2.31. The van der Waals surface area contributed by atoms with Crippen LogP contribution in [-0.2, 0) is 11.2 Å². The van der Waals surface area contributed by atoms with E-state index in [1.54, 1.807) is 11.3 Å². The molecule has 0 aromatic carbocycles. The Morgan fingerprint density at radius 2 is 2.22 bits per heavy atom. The maximum atomic E-state index is 12.1. The molecule has 100 valence electrons. The van der Waals surface area contributed by atoms with Gasteiger partial charge in [-0.05, 0) is 41.7 Å². The van der Waals surface area contributed by atoms with Gasteiger partial charge in [-0.15, -0.1) is 0 Å². The van der Waals surface area contributed by atoms with Crippen molar-refractivity contribution in [2.24, 2.45) is 11.7 Å². The van der Waals surface area contributed by atoms with Gasteiger partial charge in [0.2, 0.25) is 5.91 Å². The highest BCUT2D eigenvalue weighted by Crippen LogP contribution is 2.22. The van der Waals surface area contributed by atoms with E-state index in [0.29, 0.717) is 0 Å². The van der Waals surface area contributed by atoms with Gasteiger partial charge in [0.15, 0.2) is 0 Å². The largest absolute Gasteiger partial charge is 0.355 e. The molecule has 1 aromatic rings. The third kappa shape index (κ3) is 3.82. The van der Waals surface area contributed by atoms with Crippen LogP contribution in [0.4, 0.5) is 0 Å². The first-order valence-electron chi connectivity index (χ1n) is 6.82. The lowest BCUT2D eigenvalue weighted by Crippen LogP contribution is -2.41. The van der Waals surface area contributed by atoms with Crippen molar-refractivity contribution in [1.82, 2.24) is 5.32 Å². The fourth-order valence-electron chi connectivity index (χ4n) is 2.56. The molecule has 0 radical (unpaired) electrons. The molecular formula is C14H22N2OS. The number of thiophene rings is 1. The molecule has 1 aliphatic rings. The predicted molar refractivity (Wildman–Crippen MR) is 75.6 cm³/mol. The van der Waals surface area contributed by atoms with Gasteiger partial charge < -0.3 is 11.1 Å². The molecule has 0 saturated heterocycles. The molecular weight excluding hydrogens is 244 g/mol. The van der Waals surface area contributed by atoms with Crippen LogP contribution in [0.2, 0.25) is 0 Å². The lowest BCUT2D eigenvalue weighted by atomic mass is 9.94. The van der Waals surface area contributed by atoms with Gasteiger partial charge in [0.25, 0.3) is 0 Å². The Hall–Kier alpha value is -0.870. The van der Waals surface area contributed by atoms with E-state index >= 15 is 0 Å². The van der Waals surface area contributed by atoms with Crippen LogP contribution in [0.1, 0.15) is 37.7 Å². The Labute approximate surface area is 113 Å². The average Bonchev–Trinajstić information content (AvgIpc) is 2.77. The van der Waals surface area contributed by atoms with E-state index in [1.165, 1.54) is 18.4 Å². The fraction of sp³-hybridized carbons (Fsp3) is 0.643. The van der Waals surface area contributed by atoms with Crippen molar-refractivity contribution in [3.63, 3.8) is 0 Å². The molecule has 18 heavy (non-hydrogen) atoms. The van der Waals surface area contributed by atoms with Crippen LogP contribution in [0.3, 0.4) is 0 Å². The molecule has 1 heterocycles. The lowest BCUT2D eigenvalue weighted by molar-refractivity contribution is -0.125. The molecule has 2 unspecified atom stereocenters. The Balaban J connectivity index is 1.76. The summed E-state index contributed by atoms with van der Waals surface area (Å²) >= 11 is 1.70. The van der Waals surface area contributed by atoms with E-state index in [0.717, 1.165) is 32.2 Å². The van der Waals surface area contributed by atoms with Crippen LogP contribution in [0.5, 0.6) is 0 Å². The number of amides is 1. The van der Waals surface area contributed by atoms with Crippen molar-refractivity contribution in [1.29, 1.82) is 0 Å². The van der Waals surface area contributed by atoms with Gasteiger partial charge in [0.05, 0.1) is 5.92 Å². The topological polar surface area (TPSA) is 55.1 Å². The number of nitrogens with one attached hydrogen (secondary N) is 1. The quantitative estimate of drug-likeness (QED) is 0.822. The van der Waals surface area contributed by atoms with E-state index < -0.39 is 0 Å². The van der Waals surface area contributed by atoms with Crippen LogP contribution in [0.25, 0.3) is 0 Å². The summed E-state index contributed by atoms with van der Waals surface area (Å²) in [5, 5.41) is 7.23. The first-order valence-corrected chi connectivity index (χ1v) is 7.76. The summed E-state index contributed by atoms with van der Waals surface area (Å²) in [4.78, 5) is 12.1. The molecule has 0 bridgehead atoms. The van der Waals surface area contributed by atoms with Gasteiger partial charge in [0, 0.05) is 12.6 Å². The standard InChI is InChI=1S/C14H22N2OS/c15-13-5-3-1-2-4-12(13)14(17)16-8-6-11-7-9-18-10-11/h7,9-10,12-13H,1-6,8,15H2,(H,16,17).